The number of phenols is 1. The molecule has 34 heavy (non-hydrogen) atoms. The average molecular weight is 482 g/mol. The van der Waals surface area contributed by atoms with E-state index < -0.39 is 22.5 Å². The highest BCUT2D eigenvalue weighted by molar-refractivity contribution is 7.92. The molecule has 3 aromatic rings. The molecular formula is C25H27N3O5S. The van der Waals surface area contributed by atoms with Crippen LogP contribution in [0.4, 0.5) is 5.69 Å². The van der Waals surface area contributed by atoms with E-state index >= 15 is 0 Å². The molecule has 0 heterocycles. The number of ether oxygens (including phenoxy) is 1. The molecule has 9 heteroatoms. The maximum absolute atomic E-state index is 13.4. The summed E-state index contributed by atoms with van der Waals surface area (Å²) in [6.45, 7) is 5.31. The van der Waals surface area contributed by atoms with E-state index in [1.165, 1.54) is 18.2 Å². The van der Waals surface area contributed by atoms with Crippen LogP contribution in [0.5, 0.6) is 11.5 Å². The SMILES string of the molecule is CCOc1ccc(N(CC(=O)N/N=C(/C)c2ccccc2O)S(=O)(=O)c2ccc(C)cc2)cc1. The first-order chi connectivity index (χ1) is 16.2. The zero-order valence-electron chi connectivity index (χ0n) is 19.2. The number of hydrogen-bond donors (Lipinski definition) is 2. The zero-order valence-corrected chi connectivity index (χ0v) is 20.0. The number of aryl methyl sites for hydroxylation is 1. The molecule has 0 saturated carbocycles. The molecule has 0 fully saturated rings. The van der Waals surface area contributed by atoms with Gasteiger partial charge >= 0.3 is 0 Å². The van der Waals surface area contributed by atoms with Crippen molar-refractivity contribution in [3.63, 3.8) is 0 Å². The first-order valence-electron chi connectivity index (χ1n) is 10.7. The standard InChI is InChI=1S/C25H27N3O5S/c1-4-33-21-13-11-20(12-14-21)28(34(31,32)22-15-9-18(2)10-16-22)17-25(30)27-26-19(3)23-7-5-6-8-24(23)29/h5-16,29H,4,17H2,1-3H3,(H,27,30)/b26-19-. The topological polar surface area (TPSA) is 108 Å². The van der Waals surface area contributed by atoms with E-state index in [1.54, 1.807) is 61.5 Å². The van der Waals surface area contributed by atoms with Crippen LogP contribution in [0, 0.1) is 6.92 Å². The Morgan fingerprint density at radius 1 is 1.03 bits per heavy atom. The van der Waals surface area contributed by atoms with Gasteiger partial charge in [0.15, 0.2) is 0 Å². The van der Waals surface area contributed by atoms with Gasteiger partial charge in [-0.2, -0.15) is 5.10 Å². The predicted octanol–water partition coefficient (Wildman–Crippen LogP) is 3.84. The lowest BCUT2D eigenvalue weighted by Gasteiger charge is -2.24. The molecule has 0 atom stereocenters. The number of para-hydroxylation sites is 1. The molecule has 2 N–H and O–H groups in total. The van der Waals surface area contributed by atoms with Crippen LogP contribution in [0.15, 0.2) is 82.8 Å². The Bertz CT molecular complexity index is 1270. The van der Waals surface area contributed by atoms with Gasteiger partial charge in [0.05, 0.1) is 22.9 Å². The summed E-state index contributed by atoms with van der Waals surface area (Å²) in [5.41, 5.74) is 4.43. The van der Waals surface area contributed by atoms with Crippen LogP contribution in [-0.4, -0.2) is 38.3 Å². The molecule has 0 unspecified atom stereocenters. The fourth-order valence-corrected chi connectivity index (χ4v) is 4.60. The highest BCUT2D eigenvalue weighted by Gasteiger charge is 2.27. The summed E-state index contributed by atoms with van der Waals surface area (Å²) in [4.78, 5) is 12.8. The molecule has 3 aromatic carbocycles. The second-order valence-electron chi connectivity index (χ2n) is 7.50. The number of anilines is 1. The number of hydrazone groups is 1. The third-order valence-electron chi connectivity index (χ3n) is 4.97. The van der Waals surface area contributed by atoms with Gasteiger partial charge in [-0.25, -0.2) is 13.8 Å². The van der Waals surface area contributed by atoms with Gasteiger partial charge in [0.1, 0.15) is 18.0 Å². The minimum Gasteiger partial charge on any atom is -0.507 e. The number of nitrogens with zero attached hydrogens (tertiary/aromatic N) is 2. The van der Waals surface area contributed by atoms with Gasteiger partial charge in [-0.1, -0.05) is 29.8 Å². The summed E-state index contributed by atoms with van der Waals surface area (Å²) in [7, 11) is -4.05. The van der Waals surface area contributed by atoms with Gasteiger partial charge in [0, 0.05) is 5.56 Å². The number of carbonyl (C=O) groups is 1. The fourth-order valence-electron chi connectivity index (χ4n) is 3.18. The molecule has 0 aliphatic carbocycles. The third kappa shape index (κ3) is 5.93. The lowest BCUT2D eigenvalue weighted by molar-refractivity contribution is -0.119. The summed E-state index contributed by atoms with van der Waals surface area (Å²) in [6.07, 6.45) is 0. The Morgan fingerprint density at radius 2 is 1.68 bits per heavy atom. The van der Waals surface area contributed by atoms with Crippen LogP contribution in [0.25, 0.3) is 0 Å². The number of aromatic hydroxyl groups is 1. The van der Waals surface area contributed by atoms with Gasteiger partial charge < -0.3 is 9.84 Å². The zero-order chi connectivity index (χ0) is 24.7. The molecule has 1 amide bonds. The fraction of sp³-hybridized carbons (Fsp3) is 0.200. The van der Waals surface area contributed by atoms with Crippen molar-refractivity contribution < 1.29 is 23.1 Å². The molecule has 0 aliphatic rings. The molecule has 0 aromatic heterocycles. The number of hydrogen-bond acceptors (Lipinski definition) is 6. The Kier molecular flexibility index (Phi) is 7.91. The van der Waals surface area contributed by atoms with Crippen LogP contribution < -0.4 is 14.5 Å². The lowest BCUT2D eigenvalue weighted by atomic mass is 10.1. The first-order valence-corrected chi connectivity index (χ1v) is 12.1. The molecule has 8 nitrogen and oxygen atoms in total. The maximum Gasteiger partial charge on any atom is 0.264 e. The van der Waals surface area contributed by atoms with Gasteiger partial charge in [0.2, 0.25) is 0 Å². The number of rotatable bonds is 9. The minimum atomic E-state index is -4.05. The average Bonchev–Trinajstić information content (AvgIpc) is 2.82. The van der Waals surface area contributed by atoms with Crippen LogP contribution >= 0.6 is 0 Å². The first kappa shape index (κ1) is 24.8. The van der Waals surface area contributed by atoms with Gasteiger partial charge in [-0.05, 0) is 69.3 Å². The predicted molar refractivity (Wildman–Crippen MR) is 132 cm³/mol. The number of phenolic OH excluding ortho intramolecular Hbond substituents is 1. The molecule has 178 valence electrons. The Hall–Kier alpha value is -3.85. The molecule has 0 aliphatic heterocycles. The summed E-state index contributed by atoms with van der Waals surface area (Å²) in [5.74, 6) is -0.0263. The molecule has 0 radical (unpaired) electrons. The second kappa shape index (κ2) is 10.8. The highest BCUT2D eigenvalue weighted by Crippen LogP contribution is 2.26. The Labute approximate surface area is 199 Å². The maximum atomic E-state index is 13.4. The van der Waals surface area contributed by atoms with Gasteiger partial charge in [-0.15, -0.1) is 0 Å². The summed E-state index contributed by atoms with van der Waals surface area (Å²) >= 11 is 0. The van der Waals surface area contributed by atoms with E-state index in [0.29, 0.717) is 29.3 Å². The van der Waals surface area contributed by atoms with Crippen LogP contribution in [0.1, 0.15) is 25.0 Å². The second-order valence-corrected chi connectivity index (χ2v) is 9.36. The van der Waals surface area contributed by atoms with Crippen molar-refractivity contribution >= 4 is 27.3 Å². The van der Waals surface area contributed by atoms with Crippen molar-refractivity contribution in [2.45, 2.75) is 25.7 Å². The number of sulfonamides is 1. The van der Waals surface area contributed by atoms with E-state index in [9.17, 15) is 18.3 Å². The van der Waals surface area contributed by atoms with E-state index in [2.05, 4.69) is 10.5 Å². The van der Waals surface area contributed by atoms with E-state index in [-0.39, 0.29) is 10.6 Å². The van der Waals surface area contributed by atoms with E-state index in [1.807, 2.05) is 13.8 Å². The summed E-state index contributed by atoms with van der Waals surface area (Å²) < 4.78 is 33.3. The molecular weight excluding hydrogens is 454 g/mol. The quantitative estimate of drug-likeness (QED) is 0.357. The van der Waals surface area contributed by atoms with Crippen molar-refractivity contribution in [3.8, 4) is 11.5 Å². The molecule has 0 saturated heterocycles. The Morgan fingerprint density at radius 3 is 2.29 bits per heavy atom. The van der Waals surface area contributed by atoms with E-state index in [0.717, 1.165) is 9.87 Å². The summed E-state index contributed by atoms with van der Waals surface area (Å²) in [6, 6.07) is 19.5. The largest absolute Gasteiger partial charge is 0.507 e. The number of benzene rings is 3. The van der Waals surface area contributed by atoms with Crippen LogP contribution in [0.3, 0.4) is 0 Å². The van der Waals surface area contributed by atoms with Crippen molar-refractivity contribution in [1.82, 2.24) is 5.43 Å². The van der Waals surface area contributed by atoms with Crippen LogP contribution in [0.2, 0.25) is 0 Å². The van der Waals surface area contributed by atoms with Gasteiger partial charge in [0.25, 0.3) is 15.9 Å². The monoisotopic (exact) mass is 481 g/mol. The minimum absolute atomic E-state index is 0.0240. The lowest BCUT2D eigenvalue weighted by Crippen LogP contribution is -2.39. The summed E-state index contributed by atoms with van der Waals surface area (Å²) in [5, 5.41) is 14.0. The Balaban J connectivity index is 1.89. The smallest absolute Gasteiger partial charge is 0.264 e. The van der Waals surface area contributed by atoms with Crippen molar-refractivity contribution in [2.24, 2.45) is 5.10 Å². The van der Waals surface area contributed by atoms with E-state index in [4.69, 9.17) is 4.74 Å². The normalized spacial score (nSPS) is 11.7. The number of carbonyl (C=O) groups excluding carboxylic acids is 1. The molecule has 3 rings (SSSR count). The van der Waals surface area contributed by atoms with Crippen molar-refractivity contribution in [1.29, 1.82) is 0 Å². The van der Waals surface area contributed by atoms with Gasteiger partial charge in [-0.3, -0.25) is 9.10 Å². The number of amides is 1. The highest BCUT2D eigenvalue weighted by atomic mass is 32.2. The van der Waals surface area contributed by atoms with Crippen LogP contribution in [-0.2, 0) is 14.8 Å². The van der Waals surface area contributed by atoms with Crippen molar-refractivity contribution in [3.05, 3.63) is 83.9 Å². The van der Waals surface area contributed by atoms with Crippen molar-refractivity contribution in [2.75, 3.05) is 17.5 Å². The molecule has 0 spiro atoms. The number of nitrogens with one attached hydrogen (secondary N) is 1. The molecule has 0 bridgehead atoms. The third-order valence-corrected chi connectivity index (χ3v) is 6.76.